The topological polar surface area (TPSA) is 29.1 Å². The molecule has 0 heterocycles. The summed E-state index contributed by atoms with van der Waals surface area (Å²) in [4.78, 5) is 12.7. The highest BCUT2D eigenvalue weighted by molar-refractivity contribution is 5.95. The number of rotatable bonds is 9. The van der Waals surface area contributed by atoms with Crippen LogP contribution >= 0.6 is 0 Å². The van der Waals surface area contributed by atoms with Gasteiger partial charge in [-0.25, -0.2) is 0 Å². The van der Waals surface area contributed by atoms with Crippen LogP contribution in [0.1, 0.15) is 58.8 Å². The van der Waals surface area contributed by atoms with Gasteiger partial charge in [-0.3, -0.25) is 4.79 Å². The third-order valence-electron chi connectivity index (χ3n) is 5.36. The number of hydrogen-bond acceptors (Lipinski definition) is 1. The molecule has 2 nitrogen and oxygen atoms in total. The van der Waals surface area contributed by atoms with E-state index in [4.69, 9.17) is 0 Å². The molecule has 0 aliphatic heterocycles. The van der Waals surface area contributed by atoms with Crippen LogP contribution in [-0.2, 0) is 19.3 Å². The lowest BCUT2D eigenvalue weighted by Gasteiger charge is -2.11. The zero-order chi connectivity index (χ0) is 20.5. The standard InChI is InChI=1S/C27H31NO/c1-21(2)24-17-14-23(15-18-24)11-8-20-28-27(29)26-13-7-6-12-25(26)19-16-22-9-4-3-5-10-22/h3-7,9-10,12-15,17-18,21H,8,11,16,19-20H2,1-2H3,(H,28,29). The Balaban J connectivity index is 1.49. The minimum Gasteiger partial charge on any atom is -0.352 e. The minimum atomic E-state index is 0.0313. The van der Waals surface area contributed by atoms with E-state index in [0.717, 1.165) is 36.8 Å². The van der Waals surface area contributed by atoms with Crippen molar-refractivity contribution in [3.05, 3.63) is 107 Å². The van der Waals surface area contributed by atoms with E-state index in [9.17, 15) is 4.79 Å². The maximum absolute atomic E-state index is 12.7. The quantitative estimate of drug-likeness (QED) is 0.453. The lowest BCUT2D eigenvalue weighted by Crippen LogP contribution is -2.26. The average molecular weight is 386 g/mol. The molecule has 0 bridgehead atoms. The van der Waals surface area contributed by atoms with Crippen molar-refractivity contribution in [3.8, 4) is 0 Å². The molecule has 0 saturated heterocycles. The normalized spacial score (nSPS) is 10.9. The van der Waals surface area contributed by atoms with Crippen molar-refractivity contribution in [2.24, 2.45) is 0 Å². The fraction of sp³-hybridized carbons (Fsp3) is 0.296. The van der Waals surface area contributed by atoms with E-state index in [1.807, 2.05) is 24.3 Å². The van der Waals surface area contributed by atoms with E-state index < -0.39 is 0 Å². The van der Waals surface area contributed by atoms with E-state index in [0.29, 0.717) is 12.5 Å². The first-order valence-corrected chi connectivity index (χ1v) is 10.6. The summed E-state index contributed by atoms with van der Waals surface area (Å²) in [5.74, 6) is 0.592. The van der Waals surface area contributed by atoms with E-state index >= 15 is 0 Å². The average Bonchev–Trinajstić information content (AvgIpc) is 2.76. The van der Waals surface area contributed by atoms with Gasteiger partial charge in [0.25, 0.3) is 5.91 Å². The molecular formula is C27H31NO. The molecule has 29 heavy (non-hydrogen) atoms. The van der Waals surface area contributed by atoms with Gasteiger partial charge in [0.2, 0.25) is 0 Å². The highest BCUT2D eigenvalue weighted by Crippen LogP contribution is 2.16. The predicted octanol–water partition coefficient (Wildman–Crippen LogP) is 5.96. The van der Waals surface area contributed by atoms with Crippen molar-refractivity contribution in [2.45, 2.75) is 45.4 Å². The molecule has 0 aliphatic carbocycles. The molecule has 3 rings (SSSR count). The number of benzene rings is 3. The van der Waals surface area contributed by atoms with Crippen molar-refractivity contribution in [3.63, 3.8) is 0 Å². The van der Waals surface area contributed by atoms with E-state index in [-0.39, 0.29) is 5.91 Å². The number of hydrogen-bond donors (Lipinski definition) is 1. The first-order valence-electron chi connectivity index (χ1n) is 10.6. The van der Waals surface area contributed by atoms with Crippen LogP contribution in [0.2, 0.25) is 0 Å². The predicted molar refractivity (Wildman–Crippen MR) is 121 cm³/mol. The molecule has 0 fully saturated rings. The maximum atomic E-state index is 12.7. The second-order valence-electron chi connectivity index (χ2n) is 7.90. The van der Waals surface area contributed by atoms with Gasteiger partial charge in [0.05, 0.1) is 0 Å². The second-order valence-corrected chi connectivity index (χ2v) is 7.90. The smallest absolute Gasteiger partial charge is 0.251 e. The Morgan fingerprint density at radius 1 is 0.759 bits per heavy atom. The van der Waals surface area contributed by atoms with E-state index in [1.54, 1.807) is 0 Å². The van der Waals surface area contributed by atoms with Crippen molar-refractivity contribution >= 4 is 5.91 Å². The molecule has 1 N–H and O–H groups in total. The largest absolute Gasteiger partial charge is 0.352 e. The Kier molecular flexibility index (Phi) is 7.63. The summed E-state index contributed by atoms with van der Waals surface area (Å²) < 4.78 is 0. The number of aryl methyl sites for hydroxylation is 3. The third kappa shape index (κ3) is 6.32. The Labute approximate surface area is 175 Å². The van der Waals surface area contributed by atoms with Gasteiger partial charge in [0.15, 0.2) is 0 Å². The first kappa shape index (κ1) is 20.9. The van der Waals surface area contributed by atoms with Crippen LogP contribution in [0.25, 0.3) is 0 Å². The van der Waals surface area contributed by atoms with Gasteiger partial charge in [0.1, 0.15) is 0 Å². The summed E-state index contributed by atoms with van der Waals surface area (Å²) in [7, 11) is 0. The molecule has 0 saturated carbocycles. The molecule has 0 aliphatic rings. The molecule has 0 spiro atoms. The van der Waals surface area contributed by atoms with Crippen molar-refractivity contribution < 1.29 is 4.79 Å². The molecule has 3 aromatic rings. The number of amides is 1. The van der Waals surface area contributed by atoms with Gasteiger partial charge in [-0.2, -0.15) is 0 Å². The number of carbonyl (C=O) groups excluding carboxylic acids is 1. The zero-order valence-corrected chi connectivity index (χ0v) is 17.5. The van der Waals surface area contributed by atoms with Crippen LogP contribution < -0.4 is 5.32 Å². The van der Waals surface area contributed by atoms with Crippen molar-refractivity contribution in [1.82, 2.24) is 5.32 Å². The van der Waals surface area contributed by atoms with Crippen LogP contribution in [0.15, 0.2) is 78.9 Å². The second kappa shape index (κ2) is 10.6. The number of nitrogens with one attached hydrogen (secondary N) is 1. The third-order valence-corrected chi connectivity index (χ3v) is 5.36. The van der Waals surface area contributed by atoms with Crippen LogP contribution in [0.3, 0.4) is 0 Å². The Morgan fingerprint density at radius 3 is 2.14 bits per heavy atom. The Bertz CT molecular complexity index is 897. The van der Waals surface area contributed by atoms with Gasteiger partial charge in [-0.1, -0.05) is 86.6 Å². The molecule has 150 valence electrons. The lowest BCUT2D eigenvalue weighted by atomic mass is 9.99. The van der Waals surface area contributed by atoms with Gasteiger partial charge in [0, 0.05) is 12.1 Å². The Morgan fingerprint density at radius 2 is 1.41 bits per heavy atom. The molecule has 2 heteroatoms. The van der Waals surface area contributed by atoms with Gasteiger partial charge >= 0.3 is 0 Å². The summed E-state index contributed by atoms with van der Waals surface area (Å²) in [5.41, 5.74) is 5.90. The Hall–Kier alpha value is -2.87. The van der Waals surface area contributed by atoms with E-state index in [2.05, 4.69) is 73.8 Å². The van der Waals surface area contributed by atoms with Gasteiger partial charge in [-0.15, -0.1) is 0 Å². The van der Waals surface area contributed by atoms with Gasteiger partial charge < -0.3 is 5.32 Å². The maximum Gasteiger partial charge on any atom is 0.251 e. The fourth-order valence-electron chi connectivity index (χ4n) is 3.54. The zero-order valence-electron chi connectivity index (χ0n) is 17.5. The molecule has 3 aromatic carbocycles. The van der Waals surface area contributed by atoms with Crippen LogP contribution in [0.5, 0.6) is 0 Å². The van der Waals surface area contributed by atoms with Crippen LogP contribution in [0, 0.1) is 0 Å². The lowest BCUT2D eigenvalue weighted by molar-refractivity contribution is 0.0952. The van der Waals surface area contributed by atoms with Crippen LogP contribution in [-0.4, -0.2) is 12.5 Å². The molecule has 0 atom stereocenters. The highest BCUT2D eigenvalue weighted by atomic mass is 16.1. The first-order chi connectivity index (χ1) is 14.1. The summed E-state index contributed by atoms with van der Waals surface area (Å²) >= 11 is 0. The molecular weight excluding hydrogens is 354 g/mol. The van der Waals surface area contributed by atoms with Crippen LogP contribution in [0.4, 0.5) is 0 Å². The van der Waals surface area contributed by atoms with Crippen molar-refractivity contribution in [2.75, 3.05) is 6.54 Å². The fourth-order valence-corrected chi connectivity index (χ4v) is 3.54. The monoisotopic (exact) mass is 385 g/mol. The summed E-state index contributed by atoms with van der Waals surface area (Å²) in [6.07, 6.45) is 3.74. The molecule has 0 aromatic heterocycles. The number of carbonyl (C=O) groups is 1. The molecule has 0 radical (unpaired) electrons. The highest BCUT2D eigenvalue weighted by Gasteiger charge is 2.10. The summed E-state index contributed by atoms with van der Waals surface area (Å²) in [5, 5.41) is 3.10. The minimum absolute atomic E-state index is 0.0313. The van der Waals surface area contributed by atoms with Gasteiger partial charge in [-0.05, 0) is 59.9 Å². The SMILES string of the molecule is CC(C)c1ccc(CCCNC(=O)c2ccccc2CCc2ccccc2)cc1. The van der Waals surface area contributed by atoms with Crippen molar-refractivity contribution in [1.29, 1.82) is 0 Å². The van der Waals surface area contributed by atoms with E-state index in [1.165, 1.54) is 16.7 Å². The summed E-state index contributed by atoms with van der Waals surface area (Å²) in [6, 6.07) is 27.2. The molecule has 0 unspecified atom stereocenters. The molecule has 1 amide bonds. The summed E-state index contributed by atoms with van der Waals surface area (Å²) in [6.45, 7) is 5.11.